The van der Waals surface area contributed by atoms with Gasteiger partial charge in [-0.15, -0.1) is 0 Å². The van der Waals surface area contributed by atoms with Crippen LogP contribution in [-0.2, 0) is 0 Å². The van der Waals surface area contributed by atoms with Crippen molar-refractivity contribution in [3.63, 3.8) is 0 Å². The number of nitrogens with zero attached hydrogens (tertiary/aromatic N) is 1. The minimum Gasteiger partial charge on any atom is -0.298 e. The summed E-state index contributed by atoms with van der Waals surface area (Å²) in [5.74, 6) is -0.0488. The fourth-order valence-electron chi connectivity index (χ4n) is 1.26. The van der Waals surface area contributed by atoms with Crippen LogP contribution in [0.25, 0.3) is 0 Å². The van der Waals surface area contributed by atoms with Crippen molar-refractivity contribution >= 4 is 6.29 Å². The summed E-state index contributed by atoms with van der Waals surface area (Å²) in [6.45, 7) is 0. The van der Waals surface area contributed by atoms with E-state index in [0.717, 1.165) is 18.5 Å². The standard InChI is InChI=1S/C9H8FNO/c10-8-3-7(5-12)9(11-4-8)6-1-2-6/h3-6H,1-2H2. The molecule has 2 rings (SSSR count). The summed E-state index contributed by atoms with van der Waals surface area (Å²) in [6, 6.07) is 1.24. The van der Waals surface area contributed by atoms with Crippen molar-refractivity contribution in [3.05, 3.63) is 29.3 Å². The maximum Gasteiger partial charge on any atom is 0.152 e. The number of halogens is 1. The number of carbonyl (C=O) groups excluding carboxylic acids is 1. The quantitative estimate of drug-likeness (QED) is 0.626. The zero-order chi connectivity index (χ0) is 8.55. The fourth-order valence-corrected chi connectivity index (χ4v) is 1.26. The third kappa shape index (κ3) is 1.22. The number of pyridine rings is 1. The van der Waals surface area contributed by atoms with Gasteiger partial charge in [0.05, 0.1) is 11.9 Å². The van der Waals surface area contributed by atoms with Gasteiger partial charge in [-0.2, -0.15) is 0 Å². The van der Waals surface area contributed by atoms with Crippen molar-refractivity contribution < 1.29 is 9.18 Å². The van der Waals surface area contributed by atoms with Gasteiger partial charge < -0.3 is 0 Å². The van der Waals surface area contributed by atoms with E-state index in [2.05, 4.69) is 4.98 Å². The second kappa shape index (κ2) is 2.66. The number of aromatic nitrogens is 1. The van der Waals surface area contributed by atoms with E-state index in [9.17, 15) is 9.18 Å². The molecule has 0 aliphatic heterocycles. The molecule has 1 heterocycles. The fraction of sp³-hybridized carbons (Fsp3) is 0.333. The number of hydrogen-bond donors (Lipinski definition) is 0. The van der Waals surface area contributed by atoms with Crippen LogP contribution >= 0.6 is 0 Å². The smallest absolute Gasteiger partial charge is 0.152 e. The van der Waals surface area contributed by atoms with Crippen LogP contribution in [0.3, 0.4) is 0 Å². The molecule has 1 aliphatic carbocycles. The monoisotopic (exact) mass is 165 g/mol. The predicted molar refractivity (Wildman–Crippen MR) is 41.6 cm³/mol. The third-order valence-electron chi connectivity index (χ3n) is 2.01. The molecule has 1 saturated carbocycles. The number of aldehydes is 1. The van der Waals surface area contributed by atoms with Crippen LogP contribution in [0.2, 0.25) is 0 Å². The van der Waals surface area contributed by atoms with E-state index in [1.54, 1.807) is 0 Å². The minimum atomic E-state index is -0.443. The van der Waals surface area contributed by atoms with Crippen LogP contribution < -0.4 is 0 Å². The minimum absolute atomic E-state index is 0.394. The van der Waals surface area contributed by atoms with Crippen molar-refractivity contribution in [2.45, 2.75) is 18.8 Å². The molecule has 0 saturated heterocycles. The van der Waals surface area contributed by atoms with Gasteiger partial charge in [0.2, 0.25) is 0 Å². The van der Waals surface area contributed by atoms with Crippen LogP contribution in [0, 0.1) is 5.82 Å². The average Bonchev–Trinajstić information content (AvgIpc) is 2.87. The Kier molecular flexibility index (Phi) is 1.64. The molecule has 0 spiro atoms. The molecule has 0 N–H and O–H groups in total. The molecule has 0 unspecified atom stereocenters. The van der Waals surface area contributed by atoms with Crippen molar-refractivity contribution in [1.82, 2.24) is 4.98 Å². The summed E-state index contributed by atoms with van der Waals surface area (Å²) in [5.41, 5.74) is 1.16. The van der Waals surface area contributed by atoms with Gasteiger partial charge in [0.15, 0.2) is 6.29 Å². The molecule has 0 radical (unpaired) electrons. The lowest BCUT2D eigenvalue weighted by Gasteiger charge is -1.99. The molecule has 3 heteroatoms. The first kappa shape index (κ1) is 7.40. The van der Waals surface area contributed by atoms with E-state index in [4.69, 9.17) is 0 Å². The summed E-state index contributed by atoms with van der Waals surface area (Å²) >= 11 is 0. The highest BCUT2D eigenvalue weighted by molar-refractivity contribution is 5.76. The normalized spacial score (nSPS) is 16.1. The first-order chi connectivity index (χ1) is 5.81. The van der Waals surface area contributed by atoms with Crippen LogP contribution in [0.1, 0.15) is 34.8 Å². The predicted octanol–water partition coefficient (Wildman–Crippen LogP) is 1.91. The number of hydrogen-bond acceptors (Lipinski definition) is 2. The topological polar surface area (TPSA) is 30.0 Å². The van der Waals surface area contributed by atoms with Gasteiger partial charge >= 0.3 is 0 Å². The van der Waals surface area contributed by atoms with Crippen LogP contribution in [0.4, 0.5) is 4.39 Å². The molecule has 1 fully saturated rings. The Labute approximate surface area is 69.4 Å². The lowest BCUT2D eigenvalue weighted by molar-refractivity contribution is 0.112. The first-order valence-electron chi connectivity index (χ1n) is 3.92. The van der Waals surface area contributed by atoms with E-state index >= 15 is 0 Å². The Morgan fingerprint density at radius 1 is 1.58 bits per heavy atom. The van der Waals surface area contributed by atoms with E-state index in [1.807, 2.05) is 0 Å². The maximum atomic E-state index is 12.6. The Morgan fingerprint density at radius 3 is 2.92 bits per heavy atom. The third-order valence-corrected chi connectivity index (χ3v) is 2.01. The maximum absolute atomic E-state index is 12.6. The number of carbonyl (C=O) groups is 1. The van der Waals surface area contributed by atoms with E-state index in [1.165, 1.54) is 12.3 Å². The molecular formula is C9H8FNO. The van der Waals surface area contributed by atoms with Gasteiger partial charge in [-0.1, -0.05) is 0 Å². The first-order valence-corrected chi connectivity index (χ1v) is 3.92. The molecule has 2 nitrogen and oxygen atoms in total. The zero-order valence-corrected chi connectivity index (χ0v) is 6.46. The highest BCUT2D eigenvalue weighted by Gasteiger charge is 2.27. The lowest BCUT2D eigenvalue weighted by Crippen LogP contribution is -1.95. The molecule has 12 heavy (non-hydrogen) atoms. The zero-order valence-electron chi connectivity index (χ0n) is 6.46. The van der Waals surface area contributed by atoms with Gasteiger partial charge in [0, 0.05) is 11.5 Å². The Hall–Kier alpha value is -1.25. The number of rotatable bonds is 2. The van der Waals surface area contributed by atoms with E-state index < -0.39 is 5.82 Å². The Bertz CT molecular complexity index is 320. The van der Waals surface area contributed by atoms with Crippen LogP contribution in [0.15, 0.2) is 12.3 Å². The Morgan fingerprint density at radius 2 is 2.33 bits per heavy atom. The van der Waals surface area contributed by atoms with E-state index in [-0.39, 0.29) is 0 Å². The van der Waals surface area contributed by atoms with Gasteiger partial charge in [-0.25, -0.2) is 4.39 Å². The lowest BCUT2D eigenvalue weighted by atomic mass is 10.1. The van der Waals surface area contributed by atoms with Gasteiger partial charge in [0.25, 0.3) is 0 Å². The van der Waals surface area contributed by atoms with Crippen LogP contribution in [-0.4, -0.2) is 11.3 Å². The van der Waals surface area contributed by atoms with Gasteiger partial charge in [-0.3, -0.25) is 9.78 Å². The molecular weight excluding hydrogens is 157 g/mol. The van der Waals surface area contributed by atoms with Gasteiger partial charge in [-0.05, 0) is 18.9 Å². The molecule has 0 aromatic carbocycles. The summed E-state index contributed by atoms with van der Waals surface area (Å²) in [4.78, 5) is 14.4. The second-order valence-corrected chi connectivity index (χ2v) is 3.02. The molecule has 0 bridgehead atoms. The van der Waals surface area contributed by atoms with Crippen molar-refractivity contribution in [2.75, 3.05) is 0 Å². The Balaban J connectivity index is 2.44. The van der Waals surface area contributed by atoms with E-state index in [0.29, 0.717) is 17.8 Å². The molecule has 1 aromatic heterocycles. The van der Waals surface area contributed by atoms with Crippen molar-refractivity contribution in [1.29, 1.82) is 0 Å². The second-order valence-electron chi connectivity index (χ2n) is 3.02. The van der Waals surface area contributed by atoms with Crippen molar-refractivity contribution in [3.8, 4) is 0 Å². The van der Waals surface area contributed by atoms with Gasteiger partial charge in [0.1, 0.15) is 5.82 Å². The SMILES string of the molecule is O=Cc1cc(F)cnc1C1CC1. The molecule has 0 amide bonds. The molecule has 1 aliphatic rings. The summed E-state index contributed by atoms with van der Waals surface area (Å²) in [6.07, 6.45) is 3.98. The highest BCUT2D eigenvalue weighted by atomic mass is 19.1. The van der Waals surface area contributed by atoms with Crippen LogP contribution in [0.5, 0.6) is 0 Å². The average molecular weight is 165 g/mol. The molecule has 62 valence electrons. The highest BCUT2D eigenvalue weighted by Crippen LogP contribution is 2.40. The largest absolute Gasteiger partial charge is 0.298 e. The molecule has 1 aromatic rings. The van der Waals surface area contributed by atoms with Crippen molar-refractivity contribution in [2.24, 2.45) is 0 Å². The summed E-state index contributed by atoms with van der Waals surface area (Å²) < 4.78 is 12.6. The summed E-state index contributed by atoms with van der Waals surface area (Å²) in [5, 5.41) is 0. The molecule has 0 atom stereocenters. The summed E-state index contributed by atoms with van der Waals surface area (Å²) in [7, 11) is 0.